The Bertz CT molecular complexity index is 1010. The van der Waals surface area contributed by atoms with Crippen LogP contribution in [0, 0.1) is 0 Å². The highest BCUT2D eigenvalue weighted by atomic mass is 16.7. The Labute approximate surface area is 181 Å². The summed E-state index contributed by atoms with van der Waals surface area (Å²) in [5.74, 6) is -4.40. The van der Waals surface area contributed by atoms with Gasteiger partial charge in [-0.15, -0.1) is 0 Å². The van der Waals surface area contributed by atoms with Crippen molar-refractivity contribution in [2.75, 3.05) is 6.61 Å². The fourth-order valence-corrected chi connectivity index (χ4v) is 3.66. The average Bonchev–Trinajstić information content (AvgIpc) is 3.02. The fraction of sp³-hybridized carbons (Fsp3) is 0.381. The van der Waals surface area contributed by atoms with Gasteiger partial charge in [0.2, 0.25) is 17.8 Å². The number of phenolic OH excluding ortho intramolecular Hbond substituents is 2. The Morgan fingerprint density at radius 3 is 2.31 bits per heavy atom. The summed E-state index contributed by atoms with van der Waals surface area (Å²) in [6, 6.07) is 8.09. The molecule has 6 atom stereocenters. The minimum atomic E-state index is -2.33. The topological polar surface area (TPSA) is 186 Å². The number of rotatable bonds is 5. The second-order valence-corrected chi connectivity index (χ2v) is 7.66. The number of Topliss-reactive ketones (excluding diaryl/α,β-unsaturated/α-hetero) is 1. The van der Waals surface area contributed by atoms with E-state index < -0.39 is 60.4 Å². The maximum atomic E-state index is 12.9. The molecule has 0 aromatic heterocycles. The summed E-state index contributed by atoms with van der Waals surface area (Å²) in [5, 5.41) is 69.9. The monoisotopic (exact) mass is 450 g/mol. The second kappa shape index (κ2) is 8.20. The number of aromatic hydroxyl groups is 2. The van der Waals surface area contributed by atoms with Gasteiger partial charge in [-0.1, -0.05) is 12.1 Å². The van der Waals surface area contributed by atoms with Gasteiger partial charge >= 0.3 is 0 Å². The molecule has 2 aromatic rings. The van der Waals surface area contributed by atoms with Gasteiger partial charge in [0.15, 0.2) is 11.5 Å². The van der Waals surface area contributed by atoms with Gasteiger partial charge < -0.3 is 50.0 Å². The third-order valence-corrected chi connectivity index (χ3v) is 5.42. The van der Waals surface area contributed by atoms with Gasteiger partial charge in [0.1, 0.15) is 30.2 Å². The largest absolute Gasteiger partial charge is 0.508 e. The van der Waals surface area contributed by atoms with Crippen LogP contribution in [0.3, 0.4) is 0 Å². The van der Waals surface area contributed by atoms with Crippen LogP contribution in [0.15, 0.2) is 36.4 Å². The van der Waals surface area contributed by atoms with E-state index in [4.69, 9.17) is 14.2 Å². The van der Waals surface area contributed by atoms with Crippen molar-refractivity contribution in [1.29, 1.82) is 0 Å². The quantitative estimate of drug-likeness (QED) is 0.289. The van der Waals surface area contributed by atoms with Gasteiger partial charge in [-0.3, -0.25) is 4.79 Å². The van der Waals surface area contributed by atoms with E-state index >= 15 is 0 Å². The maximum absolute atomic E-state index is 12.9. The Hall–Kier alpha value is -2.93. The van der Waals surface area contributed by atoms with Crippen molar-refractivity contribution in [3.63, 3.8) is 0 Å². The van der Waals surface area contributed by atoms with Crippen LogP contribution in [-0.2, 0) is 11.2 Å². The SMILES string of the molecule is O=C1c2ccc(O)c(O[C@@H]3O[C@H](CO)[C@@H](O)[C@H](O)[C@H]3O)c2O[C@@]1(O)Cc1ccc(O)cc1. The van der Waals surface area contributed by atoms with Crippen LogP contribution in [0.2, 0.25) is 0 Å². The number of ether oxygens (including phenoxy) is 3. The van der Waals surface area contributed by atoms with Crippen LogP contribution in [0.5, 0.6) is 23.0 Å². The number of carbonyl (C=O) groups excluding carboxylic acids is 1. The number of fused-ring (bicyclic) bond motifs is 1. The first kappa shape index (κ1) is 22.3. The van der Waals surface area contributed by atoms with Gasteiger partial charge in [0.05, 0.1) is 12.2 Å². The molecule has 0 radical (unpaired) electrons. The van der Waals surface area contributed by atoms with Crippen LogP contribution in [0.1, 0.15) is 15.9 Å². The van der Waals surface area contributed by atoms with Gasteiger partial charge in [-0.25, -0.2) is 0 Å². The zero-order chi connectivity index (χ0) is 23.2. The average molecular weight is 450 g/mol. The number of hydrogen-bond acceptors (Lipinski definition) is 11. The molecule has 0 spiro atoms. The summed E-state index contributed by atoms with van der Waals surface area (Å²) < 4.78 is 16.2. The number of benzene rings is 2. The molecule has 32 heavy (non-hydrogen) atoms. The number of aliphatic hydroxyl groups is 5. The second-order valence-electron chi connectivity index (χ2n) is 7.66. The van der Waals surface area contributed by atoms with Crippen molar-refractivity contribution in [3.05, 3.63) is 47.5 Å². The third-order valence-electron chi connectivity index (χ3n) is 5.42. The molecule has 0 aliphatic carbocycles. The van der Waals surface area contributed by atoms with Crippen molar-refractivity contribution in [3.8, 4) is 23.0 Å². The molecule has 4 rings (SSSR count). The summed E-state index contributed by atoms with van der Waals surface area (Å²) in [6.45, 7) is -0.689. The first-order chi connectivity index (χ1) is 15.1. The molecular formula is C21H22O11. The highest BCUT2D eigenvalue weighted by Crippen LogP contribution is 2.47. The summed E-state index contributed by atoms with van der Waals surface area (Å²) in [5.41, 5.74) is 0.371. The number of ketones is 1. The molecule has 2 aliphatic heterocycles. The molecule has 11 nitrogen and oxygen atoms in total. The molecule has 0 saturated carbocycles. The zero-order valence-corrected chi connectivity index (χ0v) is 16.5. The molecular weight excluding hydrogens is 428 g/mol. The number of phenols is 2. The standard InChI is InChI=1S/C21H22O11/c22-8-13-14(25)15(26)16(27)20(30-13)31-18-12(24)6-5-11-17(18)32-21(29,19(11)28)7-9-1-3-10(23)4-2-9/h1-6,13-16,20,22-27,29H,7-8H2/t13-,14-,15+,16-,20+,21+/m1/s1. The van der Waals surface area contributed by atoms with Crippen LogP contribution in [0.4, 0.5) is 0 Å². The first-order valence-electron chi connectivity index (χ1n) is 9.72. The molecule has 11 heteroatoms. The first-order valence-corrected chi connectivity index (χ1v) is 9.72. The fourth-order valence-electron chi connectivity index (χ4n) is 3.66. The normalized spacial score (nSPS) is 31.8. The highest BCUT2D eigenvalue weighted by Gasteiger charge is 2.50. The molecule has 2 heterocycles. The number of hydrogen-bond donors (Lipinski definition) is 7. The van der Waals surface area contributed by atoms with E-state index in [9.17, 15) is 40.5 Å². The lowest BCUT2D eigenvalue weighted by atomic mass is 9.98. The van der Waals surface area contributed by atoms with Gasteiger partial charge in [-0.2, -0.15) is 0 Å². The number of carbonyl (C=O) groups is 1. The molecule has 2 aromatic carbocycles. The smallest absolute Gasteiger partial charge is 0.277 e. The van der Waals surface area contributed by atoms with E-state index in [-0.39, 0.29) is 23.5 Å². The Kier molecular flexibility index (Phi) is 5.71. The van der Waals surface area contributed by atoms with E-state index in [1.54, 1.807) is 0 Å². The molecule has 0 amide bonds. The summed E-state index contributed by atoms with van der Waals surface area (Å²) in [7, 11) is 0. The van der Waals surface area contributed by atoms with Crippen molar-refractivity contribution < 1.29 is 54.8 Å². The number of aliphatic hydroxyl groups excluding tert-OH is 4. The Morgan fingerprint density at radius 1 is 0.969 bits per heavy atom. The zero-order valence-electron chi connectivity index (χ0n) is 16.5. The summed E-state index contributed by atoms with van der Waals surface area (Å²) in [6.07, 6.45) is -8.28. The van der Waals surface area contributed by atoms with Crippen molar-refractivity contribution in [1.82, 2.24) is 0 Å². The van der Waals surface area contributed by atoms with Crippen molar-refractivity contribution in [2.24, 2.45) is 0 Å². The predicted molar refractivity (Wildman–Crippen MR) is 104 cm³/mol. The molecule has 2 aliphatic rings. The van der Waals surface area contributed by atoms with Crippen molar-refractivity contribution >= 4 is 5.78 Å². The summed E-state index contributed by atoms with van der Waals surface area (Å²) >= 11 is 0. The molecule has 172 valence electrons. The van der Waals surface area contributed by atoms with Crippen LogP contribution in [-0.4, -0.2) is 84.6 Å². The van der Waals surface area contributed by atoms with Crippen LogP contribution in [0.25, 0.3) is 0 Å². The van der Waals surface area contributed by atoms with E-state index in [1.807, 2.05) is 0 Å². The van der Waals surface area contributed by atoms with Gasteiger partial charge in [0.25, 0.3) is 5.79 Å². The van der Waals surface area contributed by atoms with E-state index in [0.717, 1.165) is 6.07 Å². The minimum absolute atomic E-state index is 0.00262. The van der Waals surface area contributed by atoms with E-state index in [1.165, 1.54) is 30.3 Å². The van der Waals surface area contributed by atoms with Crippen LogP contribution >= 0.6 is 0 Å². The van der Waals surface area contributed by atoms with Crippen molar-refractivity contribution in [2.45, 2.75) is 42.9 Å². The maximum Gasteiger partial charge on any atom is 0.277 e. The van der Waals surface area contributed by atoms with E-state index in [2.05, 4.69) is 0 Å². The molecule has 0 unspecified atom stereocenters. The Balaban J connectivity index is 1.63. The summed E-state index contributed by atoms with van der Waals surface area (Å²) in [4.78, 5) is 12.9. The van der Waals surface area contributed by atoms with E-state index in [0.29, 0.717) is 5.56 Å². The highest BCUT2D eigenvalue weighted by molar-refractivity contribution is 6.07. The predicted octanol–water partition coefficient (Wildman–Crippen LogP) is -1.22. The lowest BCUT2D eigenvalue weighted by molar-refractivity contribution is -0.278. The van der Waals surface area contributed by atoms with Gasteiger partial charge in [0, 0.05) is 6.42 Å². The molecule has 1 saturated heterocycles. The third kappa shape index (κ3) is 3.75. The van der Waals surface area contributed by atoms with Gasteiger partial charge in [-0.05, 0) is 29.8 Å². The molecule has 1 fully saturated rings. The lowest BCUT2D eigenvalue weighted by Gasteiger charge is -2.39. The molecule has 7 N–H and O–H groups in total. The minimum Gasteiger partial charge on any atom is -0.508 e. The van der Waals surface area contributed by atoms with Crippen LogP contribution < -0.4 is 9.47 Å². The Morgan fingerprint density at radius 2 is 1.66 bits per heavy atom. The molecule has 0 bridgehead atoms. The lowest BCUT2D eigenvalue weighted by Crippen LogP contribution is -2.60.